The van der Waals surface area contributed by atoms with Crippen LogP contribution in [0.3, 0.4) is 0 Å². The summed E-state index contributed by atoms with van der Waals surface area (Å²) in [4.78, 5) is 21.8. The van der Waals surface area contributed by atoms with Gasteiger partial charge in [0, 0.05) is 13.0 Å². The van der Waals surface area contributed by atoms with Crippen LogP contribution >= 0.6 is 0 Å². The quantitative estimate of drug-likeness (QED) is 0.621. The smallest absolute Gasteiger partial charge is 0.326 e. The Morgan fingerprint density at radius 3 is 2.27 bits per heavy atom. The van der Waals surface area contributed by atoms with Crippen LogP contribution in [0, 0.1) is 5.92 Å². The molecule has 0 saturated heterocycles. The molecule has 86 valence electrons. The molecule has 15 heavy (non-hydrogen) atoms. The number of nitrogens with two attached hydrogens (primary N) is 1. The number of hydrogen-bond acceptors (Lipinski definition) is 3. The van der Waals surface area contributed by atoms with E-state index in [9.17, 15) is 9.59 Å². The summed E-state index contributed by atoms with van der Waals surface area (Å²) in [6.07, 6.45) is 3.24. The number of amides is 1. The van der Waals surface area contributed by atoms with Gasteiger partial charge in [-0.15, -0.1) is 0 Å². The Balaban J connectivity index is 2.56. The van der Waals surface area contributed by atoms with Crippen LogP contribution in [0.25, 0.3) is 0 Å². The zero-order valence-electron chi connectivity index (χ0n) is 8.90. The molecule has 0 aromatic heterocycles. The fourth-order valence-corrected chi connectivity index (χ4v) is 2.08. The minimum atomic E-state index is -0.953. The number of rotatable bonds is 3. The predicted molar refractivity (Wildman–Crippen MR) is 55.2 cm³/mol. The minimum absolute atomic E-state index is 0.0196. The van der Waals surface area contributed by atoms with Crippen molar-refractivity contribution in [3.8, 4) is 0 Å². The topological polar surface area (TPSA) is 92.4 Å². The monoisotopic (exact) mass is 214 g/mol. The second-order valence-corrected chi connectivity index (χ2v) is 4.19. The summed E-state index contributed by atoms with van der Waals surface area (Å²) in [7, 11) is 0. The standard InChI is InChI=1S/C10H18N2O3/c1-6(13)12-9(10(14)15)7-2-4-8(11)5-3-7/h7-9H,2-5,11H2,1H3,(H,12,13)(H,14,15)/t7?,8?,9-/m1/s1. The fraction of sp³-hybridized carbons (Fsp3) is 0.800. The Labute approximate surface area is 89.0 Å². The maximum Gasteiger partial charge on any atom is 0.326 e. The molecule has 5 nitrogen and oxygen atoms in total. The molecular weight excluding hydrogens is 196 g/mol. The average molecular weight is 214 g/mol. The molecule has 1 atom stereocenters. The lowest BCUT2D eigenvalue weighted by Crippen LogP contribution is -2.47. The first-order chi connectivity index (χ1) is 7.00. The molecule has 0 aromatic carbocycles. The summed E-state index contributed by atoms with van der Waals surface area (Å²) in [5.74, 6) is -1.23. The van der Waals surface area contributed by atoms with E-state index >= 15 is 0 Å². The van der Waals surface area contributed by atoms with Crippen molar-refractivity contribution < 1.29 is 14.7 Å². The molecule has 0 radical (unpaired) electrons. The first kappa shape index (κ1) is 12.0. The summed E-state index contributed by atoms with van der Waals surface area (Å²) in [5, 5.41) is 11.5. The average Bonchev–Trinajstić information content (AvgIpc) is 2.15. The summed E-state index contributed by atoms with van der Waals surface area (Å²) >= 11 is 0. The summed E-state index contributed by atoms with van der Waals surface area (Å²) in [5.41, 5.74) is 5.74. The van der Waals surface area contributed by atoms with Gasteiger partial charge in [-0.1, -0.05) is 0 Å². The second kappa shape index (κ2) is 5.11. The maximum absolute atomic E-state index is 11.0. The largest absolute Gasteiger partial charge is 0.480 e. The van der Waals surface area contributed by atoms with Crippen molar-refractivity contribution in [2.45, 2.75) is 44.7 Å². The first-order valence-corrected chi connectivity index (χ1v) is 5.26. The SMILES string of the molecule is CC(=O)N[C@@H](C(=O)O)C1CCC(N)CC1. The van der Waals surface area contributed by atoms with Gasteiger partial charge < -0.3 is 16.2 Å². The van der Waals surface area contributed by atoms with Crippen molar-refractivity contribution >= 4 is 11.9 Å². The third-order valence-electron chi connectivity index (χ3n) is 2.91. The highest BCUT2D eigenvalue weighted by Crippen LogP contribution is 2.26. The molecule has 1 aliphatic carbocycles. The second-order valence-electron chi connectivity index (χ2n) is 4.19. The van der Waals surface area contributed by atoms with E-state index in [0.717, 1.165) is 25.7 Å². The van der Waals surface area contributed by atoms with Crippen LogP contribution in [-0.4, -0.2) is 29.1 Å². The van der Waals surface area contributed by atoms with Crippen LogP contribution in [-0.2, 0) is 9.59 Å². The molecular formula is C10H18N2O3. The van der Waals surface area contributed by atoms with E-state index in [2.05, 4.69) is 5.32 Å². The highest BCUT2D eigenvalue weighted by atomic mass is 16.4. The molecule has 0 unspecified atom stereocenters. The number of hydrogen-bond donors (Lipinski definition) is 3. The molecule has 1 amide bonds. The normalized spacial score (nSPS) is 28.1. The molecule has 0 aliphatic heterocycles. The molecule has 1 rings (SSSR count). The number of carbonyl (C=O) groups is 2. The molecule has 1 fully saturated rings. The lowest BCUT2D eigenvalue weighted by atomic mass is 9.82. The van der Waals surface area contributed by atoms with E-state index in [1.54, 1.807) is 0 Å². The Morgan fingerprint density at radius 2 is 1.87 bits per heavy atom. The van der Waals surface area contributed by atoms with Crippen LogP contribution in [0.4, 0.5) is 0 Å². The minimum Gasteiger partial charge on any atom is -0.480 e. The fourth-order valence-electron chi connectivity index (χ4n) is 2.08. The maximum atomic E-state index is 11.0. The Bertz CT molecular complexity index is 247. The number of carboxylic acids is 1. The molecule has 0 aromatic rings. The van der Waals surface area contributed by atoms with E-state index in [1.165, 1.54) is 6.92 Å². The highest BCUT2D eigenvalue weighted by molar-refractivity contribution is 5.82. The van der Waals surface area contributed by atoms with Crippen molar-refractivity contribution in [1.29, 1.82) is 0 Å². The Morgan fingerprint density at radius 1 is 1.33 bits per heavy atom. The van der Waals surface area contributed by atoms with Crippen molar-refractivity contribution in [2.24, 2.45) is 11.7 Å². The molecule has 5 heteroatoms. The van der Waals surface area contributed by atoms with Gasteiger partial charge in [0.25, 0.3) is 0 Å². The van der Waals surface area contributed by atoms with Gasteiger partial charge >= 0.3 is 5.97 Å². The summed E-state index contributed by atoms with van der Waals surface area (Å²) in [6, 6.07) is -0.567. The highest BCUT2D eigenvalue weighted by Gasteiger charge is 2.31. The van der Waals surface area contributed by atoms with Crippen LogP contribution in [0.1, 0.15) is 32.6 Å². The van der Waals surface area contributed by atoms with E-state index in [4.69, 9.17) is 10.8 Å². The van der Waals surface area contributed by atoms with Gasteiger partial charge in [-0.2, -0.15) is 0 Å². The number of aliphatic carboxylic acids is 1. The summed E-state index contributed by atoms with van der Waals surface area (Å²) < 4.78 is 0. The van der Waals surface area contributed by atoms with Gasteiger partial charge in [-0.3, -0.25) is 4.79 Å². The van der Waals surface area contributed by atoms with Crippen LogP contribution in [0.2, 0.25) is 0 Å². The number of carbonyl (C=O) groups excluding carboxylic acids is 1. The Kier molecular flexibility index (Phi) is 4.08. The molecule has 1 aliphatic rings. The predicted octanol–water partition coefficient (Wildman–Crippen LogP) is 0.0932. The lowest BCUT2D eigenvalue weighted by molar-refractivity contribution is -0.143. The third kappa shape index (κ3) is 3.51. The van der Waals surface area contributed by atoms with E-state index in [-0.39, 0.29) is 17.9 Å². The van der Waals surface area contributed by atoms with E-state index in [1.807, 2.05) is 0 Å². The van der Waals surface area contributed by atoms with Gasteiger partial charge in [0.15, 0.2) is 0 Å². The van der Waals surface area contributed by atoms with E-state index < -0.39 is 12.0 Å². The Hall–Kier alpha value is -1.10. The first-order valence-electron chi connectivity index (χ1n) is 5.26. The molecule has 0 heterocycles. The third-order valence-corrected chi connectivity index (χ3v) is 2.91. The van der Waals surface area contributed by atoms with Crippen molar-refractivity contribution in [2.75, 3.05) is 0 Å². The van der Waals surface area contributed by atoms with Gasteiger partial charge in [0.2, 0.25) is 5.91 Å². The van der Waals surface area contributed by atoms with Crippen molar-refractivity contribution in [3.63, 3.8) is 0 Å². The molecule has 4 N–H and O–H groups in total. The number of carboxylic acid groups (broad SMARTS) is 1. The zero-order chi connectivity index (χ0) is 11.4. The molecule has 0 spiro atoms. The van der Waals surface area contributed by atoms with Crippen molar-refractivity contribution in [3.05, 3.63) is 0 Å². The van der Waals surface area contributed by atoms with E-state index in [0.29, 0.717) is 0 Å². The summed E-state index contributed by atoms with van der Waals surface area (Å²) in [6.45, 7) is 1.34. The van der Waals surface area contributed by atoms with Crippen LogP contribution in [0.5, 0.6) is 0 Å². The zero-order valence-corrected chi connectivity index (χ0v) is 8.90. The van der Waals surface area contributed by atoms with Gasteiger partial charge in [0.1, 0.15) is 6.04 Å². The molecule has 0 bridgehead atoms. The molecule has 1 saturated carbocycles. The van der Waals surface area contributed by atoms with Gasteiger partial charge in [-0.05, 0) is 31.6 Å². The van der Waals surface area contributed by atoms with Crippen molar-refractivity contribution in [1.82, 2.24) is 5.32 Å². The van der Waals surface area contributed by atoms with Crippen LogP contribution < -0.4 is 11.1 Å². The van der Waals surface area contributed by atoms with Gasteiger partial charge in [-0.25, -0.2) is 4.79 Å². The lowest BCUT2D eigenvalue weighted by Gasteiger charge is -2.30. The van der Waals surface area contributed by atoms with Crippen LogP contribution in [0.15, 0.2) is 0 Å². The van der Waals surface area contributed by atoms with Gasteiger partial charge in [0.05, 0.1) is 0 Å². The number of nitrogens with one attached hydrogen (secondary N) is 1.